The van der Waals surface area contributed by atoms with Gasteiger partial charge in [-0.1, -0.05) is 58.4 Å². The van der Waals surface area contributed by atoms with Gasteiger partial charge in [0.05, 0.1) is 5.39 Å². The molecule has 0 aliphatic rings. The summed E-state index contributed by atoms with van der Waals surface area (Å²) in [5.74, 6) is 0. The zero-order valence-electron chi connectivity index (χ0n) is 12.5. The molecule has 2 aromatic heterocycles. The van der Waals surface area contributed by atoms with Gasteiger partial charge in [0, 0.05) is 22.7 Å². The maximum absolute atomic E-state index is 3.46. The van der Waals surface area contributed by atoms with Crippen LogP contribution in [0.25, 0.3) is 28.4 Å². The molecule has 110 valence electrons. The van der Waals surface area contributed by atoms with Crippen LogP contribution in [0.1, 0.15) is 11.1 Å². The van der Waals surface area contributed by atoms with Crippen LogP contribution >= 0.6 is 15.9 Å². The van der Waals surface area contributed by atoms with E-state index in [-0.39, 0.29) is 0 Å². The molecular formula is C21H15BrN+. The quantitative estimate of drug-likeness (QED) is 0.327. The van der Waals surface area contributed by atoms with Crippen molar-refractivity contribution in [2.24, 2.45) is 0 Å². The first-order valence-corrected chi connectivity index (χ1v) is 8.35. The highest BCUT2D eigenvalue weighted by atomic mass is 79.9. The van der Waals surface area contributed by atoms with Crippen LogP contribution in [0.4, 0.5) is 0 Å². The Hall–Kier alpha value is -2.45. The van der Waals surface area contributed by atoms with Crippen LogP contribution in [0, 0.1) is 0 Å². The van der Waals surface area contributed by atoms with E-state index in [0.717, 1.165) is 4.47 Å². The molecule has 4 aromatic rings. The highest BCUT2D eigenvalue weighted by Gasteiger charge is 2.07. The molecule has 2 heterocycles. The minimum Gasteiger partial charge on any atom is -0.167 e. The SMILES string of the molecule is Brc1ccc(/C=C/c2cc[n+]3ccc4ccccc4c3c2)cc1. The fraction of sp³-hybridized carbons (Fsp3) is 0. The third-order valence-corrected chi connectivity index (χ3v) is 4.53. The maximum atomic E-state index is 3.46. The van der Waals surface area contributed by atoms with E-state index < -0.39 is 0 Å². The third-order valence-electron chi connectivity index (χ3n) is 4.00. The normalized spacial score (nSPS) is 11.5. The van der Waals surface area contributed by atoms with Crippen molar-refractivity contribution in [1.82, 2.24) is 0 Å². The number of pyridine rings is 2. The van der Waals surface area contributed by atoms with Gasteiger partial charge in [-0.15, -0.1) is 0 Å². The highest BCUT2D eigenvalue weighted by molar-refractivity contribution is 9.10. The number of hydrogen-bond acceptors (Lipinski definition) is 0. The summed E-state index contributed by atoms with van der Waals surface area (Å²) in [4.78, 5) is 0. The summed E-state index contributed by atoms with van der Waals surface area (Å²) in [7, 11) is 0. The summed E-state index contributed by atoms with van der Waals surface area (Å²) >= 11 is 3.46. The average molecular weight is 361 g/mol. The van der Waals surface area contributed by atoms with Crippen molar-refractivity contribution in [3.8, 4) is 0 Å². The molecule has 0 radical (unpaired) electrons. The summed E-state index contributed by atoms with van der Waals surface area (Å²) in [6, 6.07) is 23.3. The van der Waals surface area contributed by atoms with Crippen LogP contribution in [-0.2, 0) is 0 Å². The van der Waals surface area contributed by atoms with Gasteiger partial charge in [0.2, 0.25) is 5.52 Å². The topological polar surface area (TPSA) is 4.10 Å². The Morgan fingerprint density at radius 3 is 2.35 bits per heavy atom. The second kappa shape index (κ2) is 5.98. The summed E-state index contributed by atoms with van der Waals surface area (Å²) in [5.41, 5.74) is 3.61. The lowest BCUT2D eigenvalue weighted by atomic mass is 10.1. The minimum atomic E-state index is 1.10. The molecule has 0 saturated heterocycles. The Morgan fingerprint density at radius 2 is 1.48 bits per heavy atom. The predicted molar refractivity (Wildman–Crippen MR) is 100 cm³/mol. The Kier molecular flexibility index (Phi) is 3.68. The van der Waals surface area contributed by atoms with Gasteiger partial charge in [0.25, 0.3) is 0 Å². The number of benzene rings is 2. The first-order valence-electron chi connectivity index (χ1n) is 7.56. The summed E-state index contributed by atoms with van der Waals surface area (Å²) in [5, 5.41) is 2.54. The van der Waals surface area contributed by atoms with Gasteiger partial charge >= 0.3 is 0 Å². The van der Waals surface area contributed by atoms with E-state index in [9.17, 15) is 0 Å². The summed E-state index contributed by atoms with van der Waals surface area (Å²) in [6.45, 7) is 0. The zero-order valence-corrected chi connectivity index (χ0v) is 14.1. The molecule has 0 fully saturated rings. The van der Waals surface area contributed by atoms with Crippen molar-refractivity contribution in [3.63, 3.8) is 0 Å². The number of hydrogen-bond donors (Lipinski definition) is 0. The lowest BCUT2D eigenvalue weighted by Gasteiger charge is -1.99. The van der Waals surface area contributed by atoms with E-state index in [2.05, 4.69) is 112 Å². The molecule has 0 aliphatic carbocycles. The molecule has 4 rings (SSSR count). The van der Waals surface area contributed by atoms with Crippen LogP contribution in [-0.4, -0.2) is 0 Å². The Morgan fingerprint density at radius 1 is 0.739 bits per heavy atom. The lowest BCUT2D eigenvalue weighted by molar-refractivity contribution is -0.510. The van der Waals surface area contributed by atoms with E-state index in [1.54, 1.807) is 0 Å². The Labute approximate surface area is 143 Å². The molecule has 0 aliphatic heterocycles. The van der Waals surface area contributed by atoms with Gasteiger partial charge in [-0.05, 0) is 34.7 Å². The van der Waals surface area contributed by atoms with Crippen LogP contribution in [0.15, 0.2) is 83.6 Å². The smallest absolute Gasteiger partial charge is 0.167 e. The van der Waals surface area contributed by atoms with E-state index in [1.807, 2.05) is 0 Å². The first kappa shape index (κ1) is 14.2. The van der Waals surface area contributed by atoms with E-state index in [0.29, 0.717) is 0 Å². The number of halogens is 1. The number of aromatic nitrogens is 1. The average Bonchev–Trinajstić information content (AvgIpc) is 2.61. The first-order chi connectivity index (χ1) is 11.3. The molecule has 1 nitrogen and oxygen atoms in total. The van der Waals surface area contributed by atoms with Crippen LogP contribution < -0.4 is 4.40 Å². The van der Waals surface area contributed by atoms with E-state index >= 15 is 0 Å². The summed E-state index contributed by atoms with van der Waals surface area (Å²) in [6.07, 6.45) is 8.53. The number of nitrogens with zero attached hydrogens (tertiary/aromatic N) is 1. The Balaban J connectivity index is 1.78. The molecule has 23 heavy (non-hydrogen) atoms. The van der Waals surface area contributed by atoms with Crippen molar-refractivity contribution in [1.29, 1.82) is 0 Å². The molecule has 0 amide bonds. The van der Waals surface area contributed by atoms with Crippen LogP contribution in [0.2, 0.25) is 0 Å². The molecule has 0 unspecified atom stereocenters. The van der Waals surface area contributed by atoms with E-state index in [1.165, 1.54) is 27.4 Å². The molecule has 0 N–H and O–H groups in total. The largest absolute Gasteiger partial charge is 0.219 e. The fourth-order valence-corrected chi connectivity index (χ4v) is 3.04. The van der Waals surface area contributed by atoms with Crippen molar-refractivity contribution in [3.05, 3.63) is 94.7 Å². The predicted octanol–water partition coefficient (Wildman–Crippen LogP) is 5.51. The molecule has 0 spiro atoms. The zero-order chi connectivity index (χ0) is 15.6. The van der Waals surface area contributed by atoms with Gasteiger partial charge in [-0.3, -0.25) is 0 Å². The van der Waals surface area contributed by atoms with Crippen LogP contribution in [0.5, 0.6) is 0 Å². The minimum absolute atomic E-state index is 1.10. The van der Waals surface area contributed by atoms with Gasteiger partial charge in [0.1, 0.15) is 0 Å². The highest BCUT2D eigenvalue weighted by Crippen LogP contribution is 2.18. The van der Waals surface area contributed by atoms with Crippen LogP contribution in [0.3, 0.4) is 0 Å². The van der Waals surface area contributed by atoms with Crippen molar-refractivity contribution >= 4 is 44.4 Å². The van der Waals surface area contributed by atoms with Gasteiger partial charge in [0.15, 0.2) is 12.4 Å². The second-order valence-electron chi connectivity index (χ2n) is 5.54. The molecule has 0 bridgehead atoms. The Bertz CT molecular complexity index is 1020. The molecule has 2 heteroatoms. The van der Waals surface area contributed by atoms with Crippen molar-refractivity contribution < 1.29 is 4.40 Å². The second-order valence-corrected chi connectivity index (χ2v) is 6.46. The lowest BCUT2D eigenvalue weighted by Crippen LogP contribution is -2.20. The van der Waals surface area contributed by atoms with Gasteiger partial charge in [-0.2, -0.15) is 4.40 Å². The molecule has 0 saturated carbocycles. The third kappa shape index (κ3) is 2.90. The van der Waals surface area contributed by atoms with Gasteiger partial charge < -0.3 is 0 Å². The summed E-state index contributed by atoms with van der Waals surface area (Å²) < 4.78 is 3.27. The number of fused-ring (bicyclic) bond motifs is 3. The maximum Gasteiger partial charge on any atom is 0.219 e. The van der Waals surface area contributed by atoms with E-state index in [4.69, 9.17) is 0 Å². The van der Waals surface area contributed by atoms with Gasteiger partial charge in [-0.25, -0.2) is 0 Å². The molecular weight excluding hydrogens is 346 g/mol. The standard InChI is InChI=1S/C21H15BrN/c22-19-9-7-16(8-10-19)5-6-17-11-13-23-14-12-18-3-1-2-4-20(18)21(23)15-17/h1-15H/q+1/b6-5+. The number of rotatable bonds is 2. The monoisotopic (exact) mass is 360 g/mol. The molecule has 2 aromatic carbocycles. The van der Waals surface area contributed by atoms with Crippen molar-refractivity contribution in [2.75, 3.05) is 0 Å². The van der Waals surface area contributed by atoms with Crippen molar-refractivity contribution in [2.45, 2.75) is 0 Å². The fourth-order valence-electron chi connectivity index (χ4n) is 2.78. The molecule has 0 atom stereocenters.